The van der Waals surface area contributed by atoms with Crippen molar-refractivity contribution in [1.29, 1.82) is 0 Å². The fourth-order valence-electron chi connectivity index (χ4n) is 2.88. The highest BCUT2D eigenvalue weighted by Gasteiger charge is 2.22. The summed E-state index contributed by atoms with van der Waals surface area (Å²) in [6.07, 6.45) is -0.599. The number of ether oxygens (including phenoxy) is 2. The molecule has 0 saturated carbocycles. The van der Waals surface area contributed by atoms with E-state index in [2.05, 4.69) is 23.6 Å². The number of rotatable bonds is 9. The summed E-state index contributed by atoms with van der Waals surface area (Å²) < 4.78 is 34.3. The van der Waals surface area contributed by atoms with E-state index in [9.17, 15) is 13.5 Å². The third-order valence-corrected chi connectivity index (χ3v) is 6.49. The van der Waals surface area contributed by atoms with Crippen molar-refractivity contribution >= 4 is 9.84 Å². The minimum Gasteiger partial charge on any atom is -0.493 e. The van der Waals surface area contributed by atoms with E-state index in [0.29, 0.717) is 43.7 Å². The van der Waals surface area contributed by atoms with Crippen LogP contribution in [0.4, 0.5) is 0 Å². The van der Waals surface area contributed by atoms with Crippen LogP contribution in [0.1, 0.15) is 19.4 Å². The molecule has 1 aliphatic rings. The lowest BCUT2D eigenvalue weighted by atomic mass is 10.2. The number of hydrogen-bond donors (Lipinski definition) is 1. The number of hydrogen-bond acceptors (Lipinski definition) is 7. The molecule has 7 nitrogen and oxygen atoms in total. The van der Waals surface area contributed by atoms with E-state index in [0.717, 1.165) is 5.56 Å². The zero-order valence-corrected chi connectivity index (χ0v) is 17.5. The molecule has 0 aromatic heterocycles. The van der Waals surface area contributed by atoms with Crippen molar-refractivity contribution in [3.05, 3.63) is 23.8 Å². The summed E-state index contributed by atoms with van der Waals surface area (Å²) in [6, 6.07) is 6.06. The molecule has 1 saturated heterocycles. The van der Waals surface area contributed by atoms with Crippen LogP contribution < -0.4 is 9.47 Å². The number of sulfone groups is 1. The minimum absolute atomic E-state index is 0.179. The lowest BCUT2D eigenvalue weighted by Crippen LogP contribution is -2.39. The summed E-state index contributed by atoms with van der Waals surface area (Å²) in [6.45, 7) is 6.61. The van der Waals surface area contributed by atoms with Crippen LogP contribution in [-0.4, -0.2) is 87.4 Å². The molecule has 0 unspecified atom stereocenters. The number of likely N-dealkylation sites (N-methyl/N-ethyl adjacent to an activating group) is 1. The molecule has 27 heavy (non-hydrogen) atoms. The van der Waals surface area contributed by atoms with Gasteiger partial charge in [-0.1, -0.05) is 6.07 Å². The molecule has 1 aliphatic heterocycles. The van der Waals surface area contributed by atoms with Crippen LogP contribution in [0.25, 0.3) is 0 Å². The van der Waals surface area contributed by atoms with Crippen LogP contribution >= 0.6 is 0 Å². The largest absolute Gasteiger partial charge is 0.493 e. The molecule has 1 aromatic carbocycles. The van der Waals surface area contributed by atoms with Gasteiger partial charge in [0.25, 0.3) is 0 Å². The van der Waals surface area contributed by atoms with Gasteiger partial charge in [0.05, 0.1) is 18.6 Å². The van der Waals surface area contributed by atoms with Gasteiger partial charge in [-0.15, -0.1) is 0 Å². The topological polar surface area (TPSA) is 79.3 Å². The molecule has 0 spiro atoms. The van der Waals surface area contributed by atoms with E-state index in [1.165, 1.54) is 0 Å². The minimum atomic E-state index is -2.88. The Balaban J connectivity index is 1.96. The molecule has 1 heterocycles. The van der Waals surface area contributed by atoms with Crippen LogP contribution in [0.5, 0.6) is 11.5 Å². The van der Waals surface area contributed by atoms with Crippen molar-refractivity contribution in [3.8, 4) is 11.5 Å². The van der Waals surface area contributed by atoms with Crippen LogP contribution in [0.3, 0.4) is 0 Å². The quantitative estimate of drug-likeness (QED) is 0.663. The lowest BCUT2D eigenvalue weighted by molar-refractivity contribution is 0.0668. The van der Waals surface area contributed by atoms with E-state index in [4.69, 9.17) is 9.47 Å². The molecule has 1 aromatic rings. The number of aliphatic hydroxyl groups excluding tert-OH is 1. The first-order valence-corrected chi connectivity index (χ1v) is 11.1. The third-order valence-electron chi connectivity index (χ3n) is 4.88. The summed E-state index contributed by atoms with van der Waals surface area (Å²) in [5.74, 6) is 1.62. The summed E-state index contributed by atoms with van der Waals surface area (Å²) in [7, 11) is 0.671. The Labute approximate surface area is 162 Å². The van der Waals surface area contributed by atoms with E-state index in [-0.39, 0.29) is 18.1 Å². The maximum atomic E-state index is 11.6. The zero-order chi connectivity index (χ0) is 20.0. The van der Waals surface area contributed by atoms with Gasteiger partial charge in [-0.2, -0.15) is 0 Å². The molecule has 0 aliphatic carbocycles. The van der Waals surface area contributed by atoms with Gasteiger partial charge in [0, 0.05) is 32.2 Å². The molecule has 0 amide bonds. The van der Waals surface area contributed by atoms with Crippen LogP contribution in [-0.2, 0) is 16.4 Å². The Kier molecular flexibility index (Phi) is 7.91. The Morgan fingerprint density at radius 2 is 1.89 bits per heavy atom. The van der Waals surface area contributed by atoms with E-state index in [1.54, 1.807) is 7.11 Å². The molecule has 1 fully saturated rings. The SMILES string of the molecule is COc1ccc(CN2CCS(=O)(=O)CC2)cc1OC[C@H](O)CN(C)C(C)C. The zero-order valence-electron chi connectivity index (χ0n) is 16.7. The highest BCUT2D eigenvalue weighted by molar-refractivity contribution is 7.91. The van der Waals surface area contributed by atoms with Gasteiger partial charge in [0.2, 0.25) is 0 Å². The Morgan fingerprint density at radius 3 is 2.48 bits per heavy atom. The van der Waals surface area contributed by atoms with Crippen molar-refractivity contribution < 1.29 is 23.0 Å². The average Bonchev–Trinajstić information content (AvgIpc) is 2.61. The molecule has 154 valence electrons. The van der Waals surface area contributed by atoms with Gasteiger partial charge in [-0.3, -0.25) is 4.90 Å². The highest BCUT2D eigenvalue weighted by Crippen LogP contribution is 2.29. The van der Waals surface area contributed by atoms with Crippen LogP contribution in [0.2, 0.25) is 0 Å². The summed E-state index contributed by atoms with van der Waals surface area (Å²) >= 11 is 0. The Hall–Kier alpha value is -1.35. The second-order valence-electron chi connectivity index (χ2n) is 7.41. The molecule has 0 radical (unpaired) electrons. The van der Waals surface area contributed by atoms with Gasteiger partial charge in [0.15, 0.2) is 21.3 Å². The van der Waals surface area contributed by atoms with Gasteiger partial charge < -0.3 is 19.5 Å². The first-order valence-electron chi connectivity index (χ1n) is 9.31. The Bertz CT molecular complexity index is 694. The monoisotopic (exact) mass is 400 g/mol. The standard InChI is InChI=1S/C19H32N2O5S/c1-15(2)20(3)13-17(22)14-26-19-11-16(5-6-18(19)25-4)12-21-7-9-27(23,24)10-8-21/h5-6,11,15,17,22H,7-10,12-14H2,1-4H3/t17-/m1/s1. The van der Waals surface area contributed by atoms with Crippen molar-refractivity contribution in [2.24, 2.45) is 0 Å². The first-order chi connectivity index (χ1) is 12.7. The van der Waals surface area contributed by atoms with Crippen molar-refractivity contribution in [3.63, 3.8) is 0 Å². The number of benzene rings is 1. The van der Waals surface area contributed by atoms with Gasteiger partial charge >= 0.3 is 0 Å². The van der Waals surface area contributed by atoms with Crippen molar-refractivity contribution in [2.75, 3.05) is 51.9 Å². The third kappa shape index (κ3) is 6.95. The number of aliphatic hydroxyl groups is 1. The van der Waals surface area contributed by atoms with Gasteiger partial charge in [-0.05, 0) is 38.6 Å². The van der Waals surface area contributed by atoms with E-state index >= 15 is 0 Å². The molecule has 1 atom stereocenters. The maximum Gasteiger partial charge on any atom is 0.161 e. The van der Waals surface area contributed by atoms with Crippen molar-refractivity contribution in [1.82, 2.24) is 9.80 Å². The smallest absolute Gasteiger partial charge is 0.161 e. The molecular weight excluding hydrogens is 368 g/mol. The van der Waals surface area contributed by atoms with E-state index in [1.807, 2.05) is 25.2 Å². The molecule has 1 N–H and O–H groups in total. The second-order valence-corrected chi connectivity index (χ2v) is 9.71. The number of nitrogens with zero attached hydrogens (tertiary/aromatic N) is 2. The fourth-order valence-corrected chi connectivity index (χ4v) is 4.16. The average molecular weight is 401 g/mol. The van der Waals surface area contributed by atoms with E-state index < -0.39 is 15.9 Å². The summed E-state index contributed by atoms with van der Waals surface area (Å²) in [5, 5.41) is 10.2. The molecule has 0 bridgehead atoms. The number of methoxy groups -OCH3 is 1. The van der Waals surface area contributed by atoms with Crippen molar-refractivity contribution in [2.45, 2.75) is 32.5 Å². The summed E-state index contributed by atoms with van der Waals surface area (Å²) in [4.78, 5) is 4.19. The normalized spacial score (nSPS) is 18.6. The predicted octanol–water partition coefficient (Wildman–Crippen LogP) is 1.01. The van der Waals surface area contributed by atoms with Gasteiger partial charge in [-0.25, -0.2) is 8.42 Å². The van der Waals surface area contributed by atoms with Crippen LogP contribution in [0.15, 0.2) is 18.2 Å². The Morgan fingerprint density at radius 1 is 1.22 bits per heavy atom. The molecular formula is C19H32N2O5S. The lowest BCUT2D eigenvalue weighted by Gasteiger charge is -2.27. The van der Waals surface area contributed by atoms with Gasteiger partial charge in [0.1, 0.15) is 12.7 Å². The fraction of sp³-hybridized carbons (Fsp3) is 0.684. The van der Waals surface area contributed by atoms with Crippen LogP contribution in [0, 0.1) is 0 Å². The summed E-state index contributed by atoms with van der Waals surface area (Å²) in [5.41, 5.74) is 1.03. The predicted molar refractivity (Wildman–Crippen MR) is 106 cm³/mol. The second kappa shape index (κ2) is 9.73. The highest BCUT2D eigenvalue weighted by atomic mass is 32.2. The molecule has 8 heteroatoms. The first kappa shape index (κ1) is 21.9. The molecule has 2 rings (SSSR count). The maximum absolute atomic E-state index is 11.6.